The second-order valence-electron chi connectivity index (χ2n) is 3.88. The van der Waals surface area contributed by atoms with Gasteiger partial charge in [0.15, 0.2) is 6.29 Å². The van der Waals surface area contributed by atoms with Crippen LogP contribution in [-0.2, 0) is 9.47 Å². The number of rotatable bonds is 3. The molecule has 1 heterocycles. The van der Waals surface area contributed by atoms with E-state index in [0.29, 0.717) is 0 Å². The molecule has 1 aliphatic heterocycles. The minimum atomic E-state index is -1.38. The predicted octanol–water partition coefficient (Wildman–Crippen LogP) is -1.79. The van der Waals surface area contributed by atoms with Gasteiger partial charge in [0.05, 0.1) is 12.7 Å². The van der Waals surface area contributed by atoms with Crippen molar-refractivity contribution in [2.45, 2.75) is 50.7 Å². The van der Waals surface area contributed by atoms with Crippen LogP contribution in [0.1, 0.15) is 13.8 Å². The molecule has 1 rings (SSSR count). The van der Waals surface area contributed by atoms with Gasteiger partial charge in [0, 0.05) is 0 Å². The van der Waals surface area contributed by atoms with Crippen LogP contribution in [0.3, 0.4) is 0 Å². The first-order valence-electron chi connectivity index (χ1n) is 4.93. The van der Waals surface area contributed by atoms with E-state index in [1.54, 1.807) is 13.8 Å². The molecule has 0 aliphatic carbocycles. The van der Waals surface area contributed by atoms with Crippen LogP contribution >= 0.6 is 0 Å². The second kappa shape index (κ2) is 5.20. The largest absolute Gasteiger partial charge is 0.394 e. The summed E-state index contributed by atoms with van der Waals surface area (Å²) in [7, 11) is 0. The Balaban J connectivity index is 2.65. The fourth-order valence-electron chi connectivity index (χ4n) is 1.45. The molecule has 0 radical (unpaired) electrons. The number of aliphatic hydroxyl groups is 4. The van der Waals surface area contributed by atoms with Crippen LogP contribution in [0.2, 0.25) is 0 Å². The molecule has 0 aromatic heterocycles. The first kappa shape index (κ1) is 12.8. The molecular formula is C9H18O6. The molecule has 0 aromatic carbocycles. The molecule has 0 amide bonds. The Morgan fingerprint density at radius 1 is 1.13 bits per heavy atom. The summed E-state index contributed by atoms with van der Waals surface area (Å²) in [6, 6.07) is 0. The van der Waals surface area contributed by atoms with Crippen LogP contribution in [-0.4, -0.2) is 63.8 Å². The SMILES string of the molecule is CC(C)OC1OC(CO)[C@@H](O)C(O)C1O. The van der Waals surface area contributed by atoms with Crippen LogP contribution in [0.15, 0.2) is 0 Å². The molecule has 0 aromatic rings. The smallest absolute Gasteiger partial charge is 0.186 e. The highest BCUT2D eigenvalue weighted by Gasteiger charge is 2.44. The van der Waals surface area contributed by atoms with E-state index in [-0.39, 0.29) is 6.10 Å². The Bertz CT molecular complexity index is 195. The van der Waals surface area contributed by atoms with Crippen molar-refractivity contribution in [1.29, 1.82) is 0 Å². The van der Waals surface area contributed by atoms with Gasteiger partial charge in [-0.15, -0.1) is 0 Å². The van der Waals surface area contributed by atoms with E-state index < -0.39 is 37.3 Å². The van der Waals surface area contributed by atoms with Gasteiger partial charge in [-0.1, -0.05) is 0 Å². The van der Waals surface area contributed by atoms with Gasteiger partial charge in [-0.05, 0) is 13.8 Å². The van der Waals surface area contributed by atoms with Gasteiger partial charge in [-0.3, -0.25) is 0 Å². The van der Waals surface area contributed by atoms with Crippen LogP contribution < -0.4 is 0 Å². The maximum atomic E-state index is 9.53. The van der Waals surface area contributed by atoms with E-state index in [0.717, 1.165) is 0 Å². The summed E-state index contributed by atoms with van der Waals surface area (Å²) in [5, 5.41) is 37.3. The average Bonchev–Trinajstić information content (AvgIpc) is 2.18. The van der Waals surface area contributed by atoms with Gasteiger partial charge >= 0.3 is 0 Å². The van der Waals surface area contributed by atoms with Crippen molar-refractivity contribution >= 4 is 0 Å². The summed E-state index contributed by atoms with van der Waals surface area (Å²) in [5.74, 6) is 0. The molecule has 0 spiro atoms. The van der Waals surface area contributed by atoms with Crippen LogP contribution in [0.5, 0.6) is 0 Å². The highest BCUT2D eigenvalue weighted by atomic mass is 16.7. The van der Waals surface area contributed by atoms with E-state index in [9.17, 15) is 15.3 Å². The van der Waals surface area contributed by atoms with Gasteiger partial charge in [0.1, 0.15) is 24.4 Å². The maximum Gasteiger partial charge on any atom is 0.186 e. The molecule has 4 unspecified atom stereocenters. The average molecular weight is 222 g/mol. The first-order chi connectivity index (χ1) is 6.97. The highest BCUT2D eigenvalue weighted by molar-refractivity contribution is 4.88. The highest BCUT2D eigenvalue weighted by Crippen LogP contribution is 2.22. The van der Waals surface area contributed by atoms with Crippen molar-refractivity contribution < 1.29 is 29.9 Å². The van der Waals surface area contributed by atoms with E-state index in [2.05, 4.69) is 0 Å². The van der Waals surface area contributed by atoms with E-state index in [4.69, 9.17) is 14.6 Å². The lowest BCUT2D eigenvalue weighted by atomic mass is 9.99. The quantitative estimate of drug-likeness (QED) is 0.450. The fourth-order valence-corrected chi connectivity index (χ4v) is 1.45. The molecule has 0 bridgehead atoms. The second-order valence-corrected chi connectivity index (χ2v) is 3.88. The van der Waals surface area contributed by atoms with Gasteiger partial charge in [0.2, 0.25) is 0 Å². The molecule has 5 atom stereocenters. The molecular weight excluding hydrogens is 204 g/mol. The van der Waals surface area contributed by atoms with Crippen molar-refractivity contribution in [1.82, 2.24) is 0 Å². The lowest BCUT2D eigenvalue weighted by Gasteiger charge is -2.40. The Labute approximate surface area is 88.1 Å². The standard InChI is InChI=1S/C9H18O6/c1-4(2)14-9-8(13)7(12)6(11)5(3-10)15-9/h4-13H,3H2,1-2H3/t5?,6-,7?,8?,9?/m1/s1. The predicted molar refractivity (Wildman–Crippen MR) is 50.0 cm³/mol. The zero-order valence-corrected chi connectivity index (χ0v) is 8.78. The zero-order valence-electron chi connectivity index (χ0n) is 8.78. The lowest BCUT2D eigenvalue weighted by molar-refractivity contribution is -0.308. The van der Waals surface area contributed by atoms with Crippen molar-refractivity contribution in [2.24, 2.45) is 0 Å². The molecule has 6 heteroatoms. The summed E-state index contributed by atoms with van der Waals surface area (Å²) in [5.41, 5.74) is 0. The molecule has 1 saturated heterocycles. The van der Waals surface area contributed by atoms with Gasteiger partial charge in [0.25, 0.3) is 0 Å². The van der Waals surface area contributed by atoms with Crippen LogP contribution in [0, 0.1) is 0 Å². The summed E-state index contributed by atoms with van der Waals surface area (Å²) in [6.45, 7) is 3.06. The number of hydrogen-bond acceptors (Lipinski definition) is 6. The number of ether oxygens (including phenoxy) is 2. The maximum absolute atomic E-state index is 9.53. The summed E-state index contributed by atoms with van der Waals surface area (Å²) < 4.78 is 10.3. The van der Waals surface area contributed by atoms with Gasteiger partial charge < -0.3 is 29.9 Å². The normalized spacial score (nSPS) is 42.2. The molecule has 4 N–H and O–H groups in total. The third-order valence-corrected chi connectivity index (χ3v) is 2.25. The summed E-state index contributed by atoms with van der Waals surface area (Å²) in [6.07, 6.45) is -6.15. The van der Waals surface area contributed by atoms with E-state index >= 15 is 0 Å². The third kappa shape index (κ3) is 2.87. The topological polar surface area (TPSA) is 99.4 Å². The monoisotopic (exact) mass is 222 g/mol. The van der Waals surface area contributed by atoms with Crippen molar-refractivity contribution in [3.8, 4) is 0 Å². The van der Waals surface area contributed by atoms with Crippen LogP contribution in [0.4, 0.5) is 0 Å². The molecule has 15 heavy (non-hydrogen) atoms. The Morgan fingerprint density at radius 3 is 2.20 bits per heavy atom. The van der Waals surface area contributed by atoms with E-state index in [1.165, 1.54) is 0 Å². The number of aliphatic hydroxyl groups excluding tert-OH is 4. The third-order valence-electron chi connectivity index (χ3n) is 2.25. The molecule has 0 saturated carbocycles. The Kier molecular flexibility index (Phi) is 4.45. The molecule has 6 nitrogen and oxygen atoms in total. The van der Waals surface area contributed by atoms with Gasteiger partial charge in [-0.25, -0.2) is 0 Å². The fraction of sp³-hybridized carbons (Fsp3) is 1.00. The lowest BCUT2D eigenvalue weighted by Crippen LogP contribution is -2.59. The molecule has 1 fully saturated rings. The number of hydrogen-bond donors (Lipinski definition) is 4. The summed E-state index contributed by atoms with van der Waals surface area (Å²) in [4.78, 5) is 0. The van der Waals surface area contributed by atoms with Crippen molar-refractivity contribution in [2.75, 3.05) is 6.61 Å². The zero-order chi connectivity index (χ0) is 11.6. The summed E-state index contributed by atoms with van der Waals surface area (Å²) >= 11 is 0. The van der Waals surface area contributed by atoms with Gasteiger partial charge in [-0.2, -0.15) is 0 Å². The minimum Gasteiger partial charge on any atom is -0.394 e. The first-order valence-corrected chi connectivity index (χ1v) is 4.93. The Morgan fingerprint density at radius 2 is 1.73 bits per heavy atom. The van der Waals surface area contributed by atoms with Crippen LogP contribution in [0.25, 0.3) is 0 Å². The Hall–Kier alpha value is -0.240. The molecule has 90 valence electrons. The minimum absolute atomic E-state index is 0.188. The van der Waals surface area contributed by atoms with Crippen molar-refractivity contribution in [3.63, 3.8) is 0 Å². The van der Waals surface area contributed by atoms with E-state index in [1.807, 2.05) is 0 Å². The van der Waals surface area contributed by atoms with Crippen molar-refractivity contribution in [3.05, 3.63) is 0 Å². The molecule has 1 aliphatic rings.